The Bertz CT molecular complexity index is 419. The molecule has 20 heavy (non-hydrogen) atoms. The number of carbonyl (C=O) groups is 1. The van der Waals surface area contributed by atoms with Gasteiger partial charge in [0.15, 0.2) is 0 Å². The van der Waals surface area contributed by atoms with Crippen LogP contribution in [-0.2, 0) is 11.3 Å². The van der Waals surface area contributed by atoms with Crippen LogP contribution in [-0.4, -0.2) is 24.6 Å². The molecule has 0 aliphatic rings. The third-order valence-corrected chi connectivity index (χ3v) is 2.88. The lowest BCUT2D eigenvalue weighted by molar-refractivity contribution is -0.122. The Hall–Kier alpha value is -1.55. The van der Waals surface area contributed by atoms with Gasteiger partial charge in [-0.2, -0.15) is 0 Å². The van der Waals surface area contributed by atoms with E-state index >= 15 is 0 Å². The number of ether oxygens (including phenoxy) is 1. The Morgan fingerprint density at radius 3 is 2.60 bits per heavy atom. The summed E-state index contributed by atoms with van der Waals surface area (Å²) in [5, 5.41) is 6.11. The third-order valence-electron chi connectivity index (χ3n) is 2.88. The lowest BCUT2D eigenvalue weighted by atomic mass is 10.2. The van der Waals surface area contributed by atoms with Crippen LogP contribution in [0.15, 0.2) is 24.3 Å². The average molecular weight is 278 g/mol. The third kappa shape index (κ3) is 5.61. The molecular formula is C16H26N2O2. The summed E-state index contributed by atoms with van der Waals surface area (Å²) in [7, 11) is 0. The molecular weight excluding hydrogens is 252 g/mol. The molecule has 0 aliphatic heterocycles. The molecule has 0 heterocycles. The van der Waals surface area contributed by atoms with Crippen LogP contribution in [0.5, 0.6) is 5.75 Å². The Morgan fingerprint density at radius 1 is 1.25 bits per heavy atom. The first-order chi connectivity index (χ1) is 9.54. The van der Waals surface area contributed by atoms with Gasteiger partial charge in [0.05, 0.1) is 12.1 Å². The predicted octanol–water partition coefficient (Wildman–Crippen LogP) is 2.48. The van der Waals surface area contributed by atoms with E-state index < -0.39 is 0 Å². The van der Waals surface area contributed by atoms with E-state index in [1.165, 1.54) is 0 Å². The smallest absolute Gasteiger partial charge is 0.236 e. The van der Waals surface area contributed by atoms with Gasteiger partial charge < -0.3 is 15.4 Å². The average Bonchev–Trinajstić information content (AvgIpc) is 2.42. The first kappa shape index (κ1) is 16.5. The maximum Gasteiger partial charge on any atom is 0.236 e. The number of hydrogen-bond acceptors (Lipinski definition) is 3. The van der Waals surface area contributed by atoms with E-state index in [2.05, 4.69) is 10.6 Å². The van der Waals surface area contributed by atoms with Gasteiger partial charge in [0, 0.05) is 18.7 Å². The number of carbonyl (C=O) groups excluding carboxylic acids is 1. The number of para-hydroxylation sites is 1. The van der Waals surface area contributed by atoms with Gasteiger partial charge >= 0.3 is 0 Å². The highest BCUT2D eigenvalue weighted by atomic mass is 16.5. The number of benzene rings is 1. The zero-order valence-corrected chi connectivity index (χ0v) is 12.9. The maximum absolute atomic E-state index is 11.8. The first-order valence-corrected chi connectivity index (χ1v) is 7.30. The summed E-state index contributed by atoms with van der Waals surface area (Å²) in [5.41, 5.74) is 1.07. The molecule has 0 radical (unpaired) electrons. The van der Waals surface area contributed by atoms with Gasteiger partial charge in [-0.25, -0.2) is 0 Å². The normalized spacial score (nSPS) is 12.2. The molecule has 0 aliphatic carbocycles. The fraction of sp³-hybridized carbons (Fsp3) is 0.562. The molecule has 112 valence electrons. The van der Waals surface area contributed by atoms with Gasteiger partial charge in [0.2, 0.25) is 5.91 Å². The minimum absolute atomic E-state index is 0.0362. The zero-order chi connectivity index (χ0) is 15.0. The van der Waals surface area contributed by atoms with Crippen LogP contribution in [0.3, 0.4) is 0 Å². The van der Waals surface area contributed by atoms with Crippen molar-refractivity contribution < 1.29 is 9.53 Å². The van der Waals surface area contributed by atoms with Crippen molar-refractivity contribution in [2.45, 2.75) is 52.8 Å². The number of amides is 1. The summed E-state index contributed by atoms with van der Waals surface area (Å²) in [6.45, 7) is 9.26. The van der Waals surface area contributed by atoms with Crippen LogP contribution < -0.4 is 15.4 Å². The van der Waals surface area contributed by atoms with Crippen molar-refractivity contribution >= 4 is 5.91 Å². The second kappa shape index (κ2) is 8.59. The van der Waals surface area contributed by atoms with Crippen molar-refractivity contribution in [1.82, 2.24) is 10.6 Å². The molecule has 1 atom stereocenters. The molecule has 0 fully saturated rings. The van der Waals surface area contributed by atoms with E-state index in [-0.39, 0.29) is 18.1 Å². The molecule has 0 saturated heterocycles. The number of nitrogens with one attached hydrogen (secondary N) is 2. The van der Waals surface area contributed by atoms with Crippen molar-refractivity contribution in [3.05, 3.63) is 29.8 Å². The van der Waals surface area contributed by atoms with E-state index in [4.69, 9.17) is 4.74 Å². The van der Waals surface area contributed by atoms with Crippen LogP contribution in [0.2, 0.25) is 0 Å². The highest BCUT2D eigenvalue weighted by Crippen LogP contribution is 2.19. The fourth-order valence-corrected chi connectivity index (χ4v) is 1.78. The number of hydrogen-bond donors (Lipinski definition) is 2. The largest absolute Gasteiger partial charge is 0.491 e. The molecule has 4 nitrogen and oxygen atoms in total. The van der Waals surface area contributed by atoms with Gasteiger partial charge in [0.1, 0.15) is 5.75 Å². The fourth-order valence-electron chi connectivity index (χ4n) is 1.78. The molecule has 1 aromatic rings. The minimum atomic E-state index is -0.214. The summed E-state index contributed by atoms with van der Waals surface area (Å²) >= 11 is 0. The second-order valence-electron chi connectivity index (χ2n) is 5.17. The quantitative estimate of drug-likeness (QED) is 0.768. The minimum Gasteiger partial charge on any atom is -0.491 e. The second-order valence-corrected chi connectivity index (χ2v) is 5.17. The molecule has 0 bridgehead atoms. The summed E-state index contributed by atoms with van der Waals surface area (Å²) in [5.74, 6) is 0.908. The van der Waals surface area contributed by atoms with Crippen molar-refractivity contribution in [2.24, 2.45) is 0 Å². The van der Waals surface area contributed by atoms with Crippen molar-refractivity contribution in [1.29, 1.82) is 0 Å². The molecule has 1 amide bonds. The zero-order valence-electron chi connectivity index (χ0n) is 12.9. The molecule has 0 spiro atoms. The van der Waals surface area contributed by atoms with Crippen molar-refractivity contribution in [3.63, 3.8) is 0 Å². The van der Waals surface area contributed by atoms with E-state index in [0.29, 0.717) is 6.54 Å². The molecule has 1 unspecified atom stereocenters. The van der Waals surface area contributed by atoms with E-state index in [1.54, 1.807) is 0 Å². The lowest BCUT2D eigenvalue weighted by Crippen LogP contribution is -2.42. The van der Waals surface area contributed by atoms with Gasteiger partial charge in [-0.3, -0.25) is 4.79 Å². The summed E-state index contributed by atoms with van der Waals surface area (Å²) in [6, 6.07) is 7.69. The summed E-state index contributed by atoms with van der Waals surface area (Å²) in [4.78, 5) is 11.8. The topological polar surface area (TPSA) is 50.4 Å². The monoisotopic (exact) mass is 278 g/mol. The molecule has 1 aromatic carbocycles. The Kier molecular flexibility index (Phi) is 7.09. The Morgan fingerprint density at radius 2 is 1.95 bits per heavy atom. The maximum atomic E-state index is 11.8. The number of rotatable bonds is 8. The highest BCUT2D eigenvalue weighted by Gasteiger charge is 2.12. The van der Waals surface area contributed by atoms with Gasteiger partial charge in [-0.15, -0.1) is 0 Å². The first-order valence-electron chi connectivity index (χ1n) is 7.30. The Labute approximate surface area is 121 Å². The predicted molar refractivity (Wildman–Crippen MR) is 81.8 cm³/mol. The van der Waals surface area contributed by atoms with E-state index in [0.717, 1.165) is 24.3 Å². The molecule has 1 rings (SSSR count). The van der Waals surface area contributed by atoms with Crippen LogP contribution in [0.1, 0.15) is 39.7 Å². The van der Waals surface area contributed by atoms with E-state index in [9.17, 15) is 4.79 Å². The van der Waals surface area contributed by atoms with Crippen LogP contribution in [0, 0.1) is 0 Å². The van der Waals surface area contributed by atoms with Gasteiger partial charge in [-0.05, 0) is 33.3 Å². The lowest BCUT2D eigenvalue weighted by Gasteiger charge is -2.17. The van der Waals surface area contributed by atoms with E-state index in [1.807, 2.05) is 52.0 Å². The SMILES string of the molecule is CCCNC(=O)C(C)NCc1ccccc1OC(C)C. The van der Waals surface area contributed by atoms with Crippen LogP contribution in [0.4, 0.5) is 0 Å². The van der Waals surface area contributed by atoms with Crippen LogP contribution >= 0.6 is 0 Å². The summed E-state index contributed by atoms with van der Waals surface area (Å²) < 4.78 is 5.76. The molecule has 2 N–H and O–H groups in total. The van der Waals surface area contributed by atoms with Gasteiger partial charge in [0.25, 0.3) is 0 Å². The standard InChI is InChI=1S/C16H26N2O2/c1-5-10-17-16(19)13(4)18-11-14-8-6-7-9-15(14)20-12(2)3/h6-9,12-13,18H,5,10-11H2,1-4H3,(H,17,19). The molecule has 0 saturated carbocycles. The van der Waals surface area contributed by atoms with Crippen molar-refractivity contribution in [2.75, 3.05) is 6.54 Å². The molecule has 4 heteroatoms. The Balaban J connectivity index is 2.54. The van der Waals surface area contributed by atoms with Crippen LogP contribution in [0.25, 0.3) is 0 Å². The van der Waals surface area contributed by atoms with Crippen molar-refractivity contribution in [3.8, 4) is 5.75 Å². The van der Waals surface area contributed by atoms with Gasteiger partial charge in [-0.1, -0.05) is 25.1 Å². The highest BCUT2D eigenvalue weighted by molar-refractivity contribution is 5.81. The summed E-state index contributed by atoms with van der Waals surface area (Å²) in [6.07, 6.45) is 1.09. The molecule has 0 aromatic heterocycles.